The molecule has 0 spiro atoms. The summed E-state index contributed by atoms with van der Waals surface area (Å²) in [6.07, 6.45) is -0.0638. The fourth-order valence-electron chi connectivity index (χ4n) is 2.32. The van der Waals surface area contributed by atoms with E-state index in [0.29, 0.717) is 11.1 Å². The standard InChI is InChI=1S/C19H18O4/c1-2-23-19(22)18(21)16(14-9-5-3-6-10-14)13-17(20)15-11-7-4-8-12-15/h3-12,16H,2,13H2,1H3/t16-/m0/s1. The van der Waals surface area contributed by atoms with Gasteiger partial charge in [0.15, 0.2) is 5.78 Å². The molecule has 23 heavy (non-hydrogen) atoms. The van der Waals surface area contributed by atoms with Gasteiger partial charge in [0.2, 0.25) is 5.78 Å². The Bertz CT molecular complexity index is 677. The van der Waals surface area contributed by atoms with Crippen LogP contribution in [0.3, 0.4) is 0 Å². The van der Waals surface area contributed by atoms with Crippen LogP contribution in [0, 0.1) is 0 Å². The molecule has 0 aliphatic rings. The molecule has 0 aromatic heterocycles. The normalized spacial score (nSPS) is 11.5. The van der Waals surface area contributed by atoms with Gasteiger partial charge >= 0.3 is 5.97 Å². The number of hydrogen-bond donors (Lipinski definition) is 0. The van der Waals surface area contributed by atoms with Crippen LogP contribution >= 0.6 is 0 Å². The predicted octanol–water partition coefficient (Wildman–Crippen LogP) is 3.18. The van der Waals surface area contributed by atoms with Crippen molar-refractivity contribution in [3.8, 4) is 0 Å². The van der Waals surface area contributed by atoms with E-state index in [1.807, 2.05) is 12.1 Å². The van der Waals surface area contributed by atoms with Crippen molar-refractivity contribution in [2.45, 2.75) is 19.3 Å². The monoisotopic (exact) mass is 310 g/mol. The van der Waals surface area contributed by atoms with Crippen LogP contribution in [0.1, 0.15) is 35.2 Å². The van der Waals surface area contributed by atoms with E-state index in [1.54, 1.807) is 55.5 Å². The Kier molecular flexibility index (Phi) is 5.80. The first-order chi connectivity index (χ1) is 11.1. The van der Waals surface area contributed by atoms with Crippen LogP contribution in [-0.4, -0.2) is 24.1 Å². The first kappa shape index (κ1) is 16.6. The molecule has 0 aliphatic carbocycles. The zero-order valence-corrected chi connectivity index (χ0v) is 12.9. The fourth-order valence-corrected chi connectivity index (χ4v) is 2.32. The Morgan fingerprint density at radius 3 is 2.04 bits per heavy atom. The molecule has 4 nitrogen and oxygen atoms in total. The maximum Gasteiger partial charge on any atom is 0.375 e. The highest BCUT2D eigenvalue weighted by Gasteiger charge is 2.30. The van der Waals surface area contributed by atoms with E-state index in [2.05, 4.69) is 0 Å². The molecular formula is C19H18O4. The summed E-state index contributed by atoms with van der Waals surface area (Å²) in [5.41, 5.74) is 1.15. The second-order valence-electron chi connectivity index (χ2n) is 5.04. The Labute approximate surface area is 135 Å². The quantitative estimate of drug-likeness (QED) is 0.448. The van der Waals surface area contributed by atoms with Gasteiger partial charge in [-0.15, -0.1) is 0 Å². The maximum atomic E-state index is 12.4. The largest absolute Gasteiger partial charge is 0.460 e. The van der Waals surface area contributed by atoms with Crippen molar-refractivity contribution in [2.24, 2.45) is 0 Å². The van der Waals surface area contributed by atoms with Gasteiger partial charge in [0.25, 0.3) is 0 Å². The van der Waals surface area contributed by atoms with E-state index < -0.39 is 17.7 Å². The lowest BCUT2D eigenvalue weighted by atomic mass is 9.88. The van der Waals surface area contributed by atoms with Gasteiger partial charge in [0.05, 0.1) is 12.5 Å². The Morgan fingerprint density at radius 2 is 1.48 bits per heavy atom. The van der Waals surface area contributed by atoms with Crippen LogP contribution in [-0.2, 0) is 14.3 Å². The molecular weight excluding hydrogens is 292 g/mol. The van der Waals surface area contributed by atoms with E-state index >= 15 is 0 Å². The van der Waals surface area contributed by atoms with Crippen LogP contribution in [0.5, 0.6) is 0 Å². The van der Waals surface area contributed by atoms with Crippen molar-refractivity contribution in [1.29, 1.82) is 0 Å². The highest BCUT2D eigenvalue weighted by atomic mass is 16.5. The molecule has 0 unspecified atom stereocenters. The van der Waals surface area contributed by atoms with Crippen LogP contribution in [0.25, 0.3) is 0 Å². The van der Waals surface area contributed by atoms with Gasteiger partial charge in [-0.1, -0.05) is 60.7 Å². The third-order valence-corrected chi connectivity index (χ3v) is 3.48. The highest BCUT2D eigenvalue weighted by molar-refractivity contribution is 6.36. The van der Waals surface area contributed by atoms with Crippen molar-refractivity contribution in [1.82, 2.24) is 0 Å². The lowest BCUT2D eigenvalue weighted by Crippen LogP contribution is -2.26. The zero-order valence-electron chi connectivity index (χ0n) is 12.9. The van der Waals surface area contributed by atoms with Crippen molar-refractivity contribution >= 4 is 17.5 Å². The zero-order chi connectivity index (χ0) is 16.7. The highest BCUT2D eigenvalue weighted by Crippen LogP contribution is 2.23. The third-order valence-electron chi connectivity index (χ3n) is 3.48. The second-order valence-corrected chi connectivity index (χ2v) is 5.04. The first-order valence-corrected chi connectivity index (χ1v) is 7.47. The van der Waals surface area contributed by atoms with Crippen molar-refractivity contribution in [2.75, 3.05) is 6.61 Å². The molecule has 0 radical (unpaired) electrons. The number of hydrogen-bond acceptors (Lipinski definition) is 4. The van der Waals surface area contributed by atoms with Crippen molar-refractivity contribution < 1.29 is 19.1 Å². The van der Waals surface area contributed by atoms with Gasteiger partial charge in [-0.05, 0) is 12.5 Å². The molecule has 0 fully saturated rings. The summed E-state index contributed by atoms with van der Waals surface area (Å²) in [5.74, 6) is -2.61. The number of carbonyl (C=O) groups excluding carboxylic acids is 3. The summed E-state index contributed by atoms with van der Waals surface area (Å²) < 4.78 is 4.79. The van der Waals surface area contributed by atoms with Crippen LogP contribution in [0.2, 0.25) is 0 Å². The molecule has 0 saturated heterocycles. The summed E-state index contributed by atoms with van der Waals surface area (Å²) in [6.45, 7) is 1.76. The molecule has 0 saturated carbocycles. The number of carbonyl (C=O) groups is 3. The van der Waals surface area contributed by atoms with Crippen molar-refractivity contribution in [3.05, 3.63) is 71.8 Å². The lowest BCUT2D eigenvalue weighted by Gasteiger charge is -2.14. The molecule has 0 aliphatic heterocycles. The molecule has 0 amide bonds. The number of ether oxygens (including phenoxy) is 1. The average Bonchev–Trinajstić information content (AvgIpc) is 2.60. The minimum Gasteiger partial charge on any atom is -0.460 e. The van der Waals surface area contributed by atoms with Crippen molar-refractivity contribution in [3.63, 3.8) is 0 Å². The number of Topliss-reactive ketones (excluding diaryl/α,β-unsaturated/α-hetero) is 2. The third kappa shape index (κ3) is 4.36. The summed E-state index contributed by atoms with van der Waals surface area (Å²) in [7, 11) is 0. The molecule has 1 atom stereocenters. The Morgan fingerprint density at radius 1 is 0.913 bits per heavy atom. The van der Waals surface area contributed by atoms with E-state index in [-0.39, 0.29) is 18.8 Å². The SMILES string of the molecule is CCOC(=O)C(=O)[C@@H](CC(=O)c1ccccc1)c1ccccc1. The number of rotatable bonds is 7. The first-order valence-electron chi connectivity index (χ1n) is 7.47. The minimum atomic E-state index is -0.901. The molecule has 2 aromatic rings. The molecule has 0 heterocycles. The molecule has 0 N–H and O–H groups in total. The van der Waals surface area contributed by atoms with Gasteiger partial charge in [-0.25, -0.2) is 4.79 Å². The van der Waals surface area contributed by atoms with Gasteiger partial charge in [0.1, 0.15) is 0 Å². The number of ketones is 2. The molecule has 2 rings (SSSR count). The molecule has 118 valence electrons. The predicted molar refractivity (Wildman–Crippen MR) is 86.2 cm³/mol. The molecule has 4 heteroatoms. The second kappa shape index (κ2) is 8.03. The van der Waals surface area contributed by atoms with Crippen LogP contribution in [0.4, 0.5) is 0 Å². The van der Waals surface area contributed by atoms with E-state index in [1.165, 1.54) is 0 Å². The molecule has 0 bridgehead atoms. The van der Waals surface area contributed by atoms with Gasteiger partial charge < -0.3 is 4.74 Å². The lowest BCUT2D eigenvalue weighted by molar-refractivity contribution is -0.154. The molecule has 2 aromatic carbocycles. The van der Waals surface area contributed by atoms with Gasteiger partial charge in [-0.2, -0.15) is 0 Å². The maximum absolute atomic E-state index is 12.4. The van der Waals surface area contributed by atoms with E-state index in [0.717, 1.165) is 0 Å². The van der Waals surface area contributed by atoms with Gasteiger partial charge in [0, 0.05) is 12.0 Å². The number of benzene rings is 2. The summed E-state index contributed by atoms with van der Waals surface area (Å²) in [6, 6.07) is 17.6. The average molecular weight is 310 g/mol. The van der Waals surface area contributed by atoms with Crippen LogP contribution < -0.4 is 0 Å². The minimum absolute atomic E-state index is 0.0638. The van der Waals surface area contributed by atoms with E-state index in [4.69, 9.17) is 4.74 Å². The topological polar surface area (TPSA) is 60.4 Å². The summed E-state index contributed by atoms with van der Waals surface area (Å²) >= 11 is 0. The fraction of sp³-hybridized carbons (Fsp3) is 0.211. The number of esters is 1. The summed E-state index contributed by atoms with van der Waals surface area (Å²) in [5, 5.41) is 0. The summed E-state index contributed by atoms with van der Waals surface area (Å²) in [4.78, 5) is 36.6. The Balaban J connectivity index is 2.25. The van der Waals surface area contributed by atoms with Gasteiger partial charge in [-0.3, -0.25) is 9.59 Å². The Hall–Kier alpha value is -2.75. The smallest absolute Gasteiger partial charge is 0.375 e. The van der Waals surface area contributed by atoms with E-state index in [9.17, 15) is 14.4 Å². The van der Waals surface area contributed by atoms with Crippen LogP contribution in [0.15, 0.2) is 60.7 Å².